The molecule has 1 unspecified atom stereocenters. The topological polar surface area (TPSA) is 67.2 Å². The Balaban J connectivity index is 2.95. The summed E-state index contributed by atoms with van der Waals surface area (Å²) in [4.78, 5) is 11.9. The second-order valence-corrected chi connectivity index (χ2v) is 5.27. The minimum Gasteiger partial charge on any atom is -0.396 e. The van der Waals surface area contributed by atoms with Crippen LogP contribution in [0.1, 0.15) is 49.3 Å². The van der Waals surface area contributed by atoms with E-state index in [9.17, 15) is 18.0 Å². The van der Waals surface area contributed by atoms with Gasteiger partial charge in [-0.25, -0.2) is 0 Å². The second-order valence-electron chi connectivity index (χ2n) is 5.27. The Kier molecular flexibility index (Phi) is 5.77. The number of hydrogen-bond donors (Lipinski definition) is 2. The molecular weight excluding hydrogens is 287 g/mol. The molecule has 0 aromatic carbocycles. The van der Waals surface area contributed by atoms with Crippen LogP contribution >= 0.6 is 0 Å². The number of carbonyl (C=O) groups is 1. The standard InChI is InChI=1S/C13H20F3N3O2/c1-8(2)19-11(13(14,15)16)10(7-18-19)12(21)17-6-9(3)4-5-20/h7-9,20H,4-6H2,1-3H3,(H,17,21). The largest absolute Gasteiger partial charge is 0.433 e. The van der Waals surface area contributed by atoms with Gasteiger partial charge in [0.15, 0.2) is 5.69 Å². The average Bonchev–Trinajstić information content (AvgIpc) is 2.81. The van der Waals surface area contributed by atoms with Gasteiger partial charge in [-0.2, -0.15) is 18.3 Å². The molecule has 2 N–H and O–H groups in total. The molecular formula is C13H20F3N3O2. The fourth-order valence-electron chi connectivity index (χ4n) is 1.89. The van der Waals surface area contributed by atoms with Crippen molar-refractivity contribution < 1.29 is 23.1 Å². The molecule has 1 amide bonds. The summed E-state index contributed by atoms with van der Waals surface area (Å²) < 4.78 is 40.1. The van der Waals surface area contributed by atoms with Gasteiger partial charge in [-0.1, -0.05) is 6.92 Å². The number of carbonyl (C=O) groups excluding carboxylic acids is 1. The number of aliphatic hydroxyl groups excluding tert-OH is 1. The van der Waals surface area contributed by atoms with Crippen LogP contribution in [0.2, 0.25) is 0 Å². The minimum absolute atomic E-state index is 0.0200. The molecule has 1 rings (SSSR count). The third-order valence-electron chi connectivity index (χ3n) is 3.03. The summed E-state index contributed by atoms with van der Waals surface area (Å²) in [5, 5.41) is 14.9. The molecule has 21 heavy (non-hydrogen) atoms. The van der Waals surface area contributed by atoms with Crippen molar-refractivity contribution >= 4 is 5.91 Å². The number of alkyl halides is 3. The van der Waals surface area contributed by atoms with E-state index in [1.54, 1.807) is 20.8 Å². The highest BCUT2D eigenvalue weighted by atomic mass is 19.4. The molecule has 0 radical (unpaired) electrons. The van der Waals surface area contributed by atoms with Gasteiger partial charge in [-0.3, -0.25) is 9.48 Å². The van der Waals surface area contributed by atoms with Gasteiger partial charge in [0.25, 0.3) is 5.91 Å². The lowest BCUT2D eigenvalue weighted by Crippen LogP contribution is -2.30. The smallest absolute Gasteiger partial charge is 0.396 e. The zero-order valence-electron chi connectivity index (χ0n) is 12.2. The molecule has 5 nitrogen and oxygen atoms in total. The molecule has 0 aliphatic rings. The molecule has 1 aromatic rings. The highest BCUT2D eigenvalue weighted by Gasteiger charge is 2.40. The Labute approximate surface area is 121 Å². The zero-order valence-corrected chi connectivity index (χ0v) is 12.2. The first-order valence-corrected chi connectivity index (χ1v) is 6.72. The van der Waals surface area contributed by atoms with Gasteiger partial charge < -0.3 is 10.4 Å². The molecule has 1 aromatic heterocycles. The van der Waals surface area contributed by atoms with Crippen molar-refractivity contribution in [2.75, 3.05) is 13.2 Å². The fourth-order valence-corrected chi connectivity index (χ4v) is 1.89. The lowest BCUT2D eigenvalue weighted by atomic mass is 10.1. The molecule has 0 bridgehead atoms. The Morgan fingerprint density at radius 1 is 1.43 bits per heavy atom. The number of aromatic nitrogens is 2. The van der Waals surface area contributed by atoms with Gasteiger partial charge in [0.1, 0.15) is 0 Å². The Morgan fingerprint density at radius 2 is 2.05 bits per heavy atom. The predicted octanol–water partition coefficient (Wildman–Crippen LogP) is 2.23. The molecule has 1 atom stereocenters. The van der Waals surface area contributed by atoms with Crippen LogP contribution in [0.5, 0.6) is 0 Å². The number of hydrogen-bond acceptors (Lipinski definition) is 3. The van der Waals surface area contributed by atoms with E-state index in [2.05, 4.69) is 10.4 Å². The number of halogens is 3. The molecule has 0 spiro atoms. The number of aliphatic hydroxyl groups is 1. The number of amides is 1. The monoisotopic (exact) mass is 307 g/mol. The van der Waals surface area contributed by atoms with Crippen LogP contribution in [0.4, 0.5) is 13.2 Å². The summed E-state index contributed by atoms with van der Waals surface area (Å²) in [5.74, 6) is -0.826. The van der Waals surface area contributed by atoms with Gasteiger partial charge in [0, 0.05) is 19.2 Å². The van der Waals surface area contributed by atoms with Gasteiger partial charge in [0.05, 0.1) is 11.8 Å². The lowest BCUT2D eigenvalue weighted by molar-refractivity contribution is -0.145. The van der Waals surface area contributed by atoms with Crippen LogP contribution in [0.15, 0.2) is 6.20 Å². The van der Waals surface area contributed by atoms with Gasteiger partial charge in [-0.15, -0.1) is 0 Å². The molecule has 0 saturated carbocycles. The number of rotatable bonds is 6. The Hall–Kier alpha value is -1.57. The molecule has 120 valence electrons. The van der Waals surface area contributed by atoms with Crippen LogP contribution in [0, 0.1) is 5.92 Å². The molecule has 8 heteroatoms. The number of nitrogens with one attached hydrogen (secondary N) is 1. The summed E-state index contributed by atoms with van der Waals surface area (Å²) in [6.07, 6.45) is -3.24. The van der Waals surface area contributed by atoms with Gasteiger partial charge >= 0.3 is 6.18 Å². The van der Waals surface area contributed by atoms with Crippen molar-refractivity contribution in [2.45, 2.75) is 39.4 Å². The molecule has 0 aliphatic heterocycles. The maximum absolute atomic E-state index is 13.1. The first kappa shape index (κ1) is 17.5. The van der Waals surface area contributed by atoms with Crippen molar-refractivity contribution in [1.29, 1.82) is 0 Å². The summed E-state index contributed by atoms with van der Waals surface area (Å²) in [6, 6.07) is -0.503. The third kappa shape index (κ3) is 4.45. The summed E-state index contributed by atoms with van der Waals surface area (Å²) >= 11 is 0. The van der Waals surface area contributed by atoms with Crippen molar-refractivity contribution in [3.8, 4) is 0 Å². The minimum atomic E-state index is -4.65. The highest BCUT2D eigenvalue weighted by Crippen LogP contribution is 2.33. The van der Waals surface area contributed by atoms with E-state index in [1.807, 2.05) is 0 Å². The molecule has 0 aliphatic carbocycles. The quantitative estimate of drug-likeness (QED) is 0.847. The van der Waals surface area contributed by atoms with E-state index in [-0.39, 0.29) is 19.1 Å². The third-order valence-corrected chi connectivity index (χ3v) is 3.03. The zero-order chi connectivity index (χ0) is 16.2. The van der Waals surface area contributed by atoms with Gasteiger partial charge in [0.2, 0.25) is 0 Å². The SMILES string of the molecule is CC(CCO)CNC(=O)c1cnn(C(C)C)c1C(F)(F)F. The first-order valence-electron chi connectivity index (χ1n) is 6.72. The van der Waals surface area contributed by atoms with E-state index in [4.69, 9.17) is 5.11 Å². The highest BCUT2D eigenvalue weighted by molar-refractivity contribution is 5.95. The predicted molar refractivity (Wildman–Crippen MR) is 70.8 cm³/mol. The summed E-state index contributed by atoms with van der Waals surface area (Å²) in [7, 11) is 0. The Bertz CT molecular complexity index is 483. The molecule has 0 fully saturated rings. The maximum Gasteiger partial charge on any atom is 0.433 e. The van der Waals surface area contributed by atoms with E-state index in [0.29, 0.717) is 6.42 Å². The molecule has 0 saturated heterocycles. The van der Waals surface area contributed by atoms with Crippen molar-refractivity contribution in [2.24, 2.45) is 5.92 Å². The van der Waals surface area contributed by atoms with Crippen LogP contribution < -0.4 is 5.32 Å². The average molecular weight is 307 g/mol. The van der Waals surface area contributed by atoms with E-state index >= 15 is 0 Å². The second kappa shape index (κ2) is 6.93. The lowest BCUT2D eigenvalue weighted by Gasteiger charge is -2.15. The maximum atomic E-state index is 13.1. The van der Waals surface area contributed by atoms with E-state index < -0.39 is 29.4 Å². The fraction of sp³-hybridized carbons (Fsp3) is 0.692. The van der Waals surface area contributed by atoms with Crippen LogP contribution in [-0.4, -0.2) is 33.9 Å². The summed E-state index contributed by atoms with van der Waals surface area (Å²) in [5.41, 5.74) is -1.52. The number of nitrogens with zero attached hydrogens (tertiary/aromatic N) is 2. The Morgan fingerprint density at radius 3 is 2.52 bits per heavy atom. The summed E-state index contributed by atoms with van der Waals surface area (Å²) in [6.45, 7) is 5.08. The van der Waals surface area contributed by atoms with Crippen LogP contribution in [-0.2, 0) is 6.18 Å². The van der Waals surface area contributed by atoms with Crippen molar-refractivity contribution in [1.82, 2.24) is 15.1 Å². The molecule has 1 heterocycles. The van der Waals surface area contributed by atoms with E-state index in [0.717, 1.165) is 10.9 Å². The van der Waals surface area contributed by atoms with Crippen LogP contribution in [0.25, 0.3) is 0 Å². The van der Waals surface area contributed by atoms with Crippen LogP contribution in [0.3, 0.4) is 0 Å². The van der Waals surface area contributed by atoms with E-state index in [1.165, 1.54) is 0 Å². The van der Waals surface area contributed by atoms with Crippen molar-refractivity contribution in [3.63, 3.8) is 0 Å². The van der Waals surface area contributed by atoms with Gasteiger partial charge in [-0.05, 0) is 26.2 Å². The first-order chi connectivity index (χ1) is 9.68. The normalized spacial score (nSPS) is 13.5. The van der Waals surface area contributed by atoms with Crippen molar-refractivity contribution in [3.05, 3.63) is 17.5 Å².